The lowest BCUT2D eigenvalue weighted by molar-refractivity contribution is -0.115. The molecule has 0 radical (unpaired) electrons. The highest BCUT2D eigenvalue weighted by Crippen LogP contribution is 2.11. The van der Waals surface area contributed by atoms with Gasteiger partial charge in [0.15, 0.2) is 0 Å². The molecule has 3 N–H and O–H groups in total. The SMILES string of the molecule is C=CCNCC(=O)Nc1ccc(-n2cc[nH]c2=O)cc1. The molecule has 6 heteroatoms. The Hall–Kier alpha value is -2.60. The third-order valence-corrected chi connectivity index (χ3v) is 2.65. The molecule has 104 valence electrons. The first kappa shape index (κ1) is 13.8. The third kappa shape index (κ3) is 3.46. The maximum atomic E-state index is 11.6. The molecule has 20 heavy (non-hydrogen) atoms. The molecule has 0 atom stereocenters. The molecular weight excluding hydrogens is 256 g/mol. The number of nitrogens with zero attached hydrogens (tertiary/aromatic N) is 1. The van der Waals surface area contributed by atoms with Crippen molar-refractivity contribution in [1.82, 2.24) is 14.9 Å². The van der Waals surface area contributed by atoms with Crippen molar-refractivity contribution >= 4 is 11.6 Å². The number of carbonyl (C=O) groups is 1. The predicted octanol–water partition coefficient (Wildman–Crippen LogP) is 0.880. The lowest BCUT2D eigenvalue weighted by atomic mass is 10.2. The monoisotopic (exact) mass is 272 g/mol. The first-order valence-electron chi connectivity index (χ1n) is 6.18. The van der Waals surface area contributed by atoms with Crippen molar-refractivity contribution < 1.29 is 4.79 Å². The Balaban J connectivity index is 1.98. The van der Waals surface area contributed by atoms with E-state index in [1.54, 1.807) is 42.7 Å². The van der Waals surface area contributed by atoms with E-state index in [4.69, 9.17) is 0 Å². The van der Waals surface area contributed by atoms with Gasteiger partial charge in [-0.3, -0.25) is 9.36 Å². The molecule has 0 saturated carbocycles. The predicted molar refractivity (Wildman–Crippen MR) is 78.1 cm³/mol. The van der Waals surface area contributed by atoms with Gasteiger partial charge >= 0.3 is 5.69 Å². The number of anilines is 1. The maximum absolute atomic E-state index is 11.6. The highest BCUT2D eigenvalue weighted by atomic mass is 16.2. The molecule has 0 aliphatic rings. The van der Waals surface area contributed by atoms with Gasteiger partial charge in [0.2, 0.25) is 5.91 Å². The molecule has 0 aliphatic carbocycles. The summed E-state index contributed by atoms with van der Waals surface area (Å²) in [5.41, 5.74) is 1.22. The molecule has 0 saturated heterocycles. The van der Waals surface area contributed by atoms with Gasteiger partial charge < -0.3 is 15.6 Å². The standard InChI is InChI=1S/C14H16N4O2/c1-2-7-15-10-13(19)17-11-3-5-12(6-4-11)18-9-8-16-14(18)20/h2-6,8-9,15H,1,7,10H2,(H,16,20)(H,17,19). The first-order valence-corrected chi connectivity index (χ1v) is 6.18. The molecule has 1 aromatic heterocycles. The summed E-state index contributed by atoms with van der Waals surface area (Å²) in [6.07, 6.45) is 4.91. The van der Waals surface area contributed by atoms with Crippen LogP contribution in [-0.2, 0) is 4.79 Å². The molecule has 1 heterocycles. The highest BCUT2D eigenvalue weighted by molar-refractivity contribution is 5.92. The third-order valence-electron chi connectivity index (χ3n) is 2.65. The number of aromatic amines is 1. The summed E-state index contributed by atoms with van der Waals surface area (Å²) in [4.78, 5) is 25.6. The Morgan fingerprint density at radius 1 is 1.35 bits per heavy atom. The smallest absolute Gasteiger partial charge is 0.325 e. The molecule has 1 amide bonds. The molecule has 0 spiro atoms. The van der Waals surface area contributed by atoms with Gasteiger partial charge in [0.05, 0.1) is 12.2 Å². The minimum atomic E-state index is -0.199. The van der Waals surface area contributed by atoms with E-state index in [0.29, 0.717) is 12.2 Å². The summed E-state index contributed by atoms with van der Waals surface area (Å²) >= 11 is 0. The average Bonchev–Trinajstić information content (AvgIpc) is 2.86. The van der Waals surface area contributed by atoms with Crippen molar-refractivity contribution in [3.63, 3.8) is 0 Å². The van der Waals surface area contributed by atoms with Crippen molar-refractivity contribution in [1.29, 1.82) is 0 Å². The van der Waals surface area contributed by atoms with Gasteiger partial charge in [-0.1, -0.05) is 6.08 Å². The van der Waals surface area contributed by atoms with Crippen LogP contribution < -0.4 is 16.3 Å². The number of hydrogen-bond donors (Lipinski definition) is 3. The van der Waals surface area contributed by atoms with Crippen LogP contribution in [0.15, 0.2) is 54.1 Å². The van der Waals surface area contributed by atoms with Crippen LogP contribution >= 0.6 is 0 Å². The highest BCUT2D eigenvalue weighted by Gasteiger charge is 2.03. The van der Waals surface area contributed by atoms with Gasteiger partial charge in [0, 0.05) is 24.6 Å². The molecular formula is C14H16N4O2. The molecule has 0 bridgehead atoms. The van der Waals surface area contributed by atoms with E-state index in [9.17, 15) is 9.59 Å². The minimum absolute atomic E-state index is 0.126. The Bertz CT molecular complexity index is 640. The fraction of sp³-hybridized carbons (Fsp3) is 0.143. The van der Waals surface area contributed by atoms with Crippen molar-refractivity contribution in [2.45, 2.75) is 0 Å². The number of amides is 1. The number of hydrogen-bond acceptors (Lipinski definition) is 3. The van der Waals surface area contributed by atoms with Crippen LogP contribution in [0.3, 0.4) is 0 Å². The van der Waals surface area contributed by atoms with Gasteiger partial charge in [-0.25, -0.2) is 4.79 Å². The number of carbonyl (C=O) groups excluding carboxylic acids is 1. The Kier molecular flexibility index (Phi) is 4.52. The quantitative estimate of drug-likeness (QED) is 0.539. The zero-order valence-electron chi connectivity index (χ0n) is 10.9. The first-order chi connectivity index (χ1) is 9.70. The van der Waals surface area contributed by atoms with E-state index in [-0.39, 0.29) is 18.1 Å². The van der Waals surface area contributed by atoms with Gasteiger partial charge in [-0.05, 0) is 24.3 Å². The average molecular weight is 272 g/mol. The zero-order valence-corrected chi connectivity index (χ0v) is 10.9. The Morgan fingerprint density at radius 3 is 2.70 bits per heavy atom. The van der Waals surface area contributed by atoms with Crippen LogP contribution in [-0.4, -0.2) is 28.5 Å². The second-order valence-corrected chi connectivity index (χ2v) is 4.15. The number of aromatic nitrogens is 2. The number of H-pyrrole nitrogens is 1. The van der Waals surface area contributed by atoms with E-state index < -0.39 is 0 Å². The fourth-order valence-electron chi connectivity index (χ4n) is 1.72. The van der Waals surface area contributed by atoms with Crippen molar-refractivity contribution in [3.8, 4) is 5.69 Å². The molecule has 1 aromatic carbocycles. The number of rotatable bonds is 6. The summed E-state index contributed by atoms with van der Waals surface area (Å²) in [5, 5.41) is 5.67. The summed E-state index contributed by atoms with van der Waals surface area (Å²) in [6.45, 7) is 4.37. The molecule has 2 rings (SSSR count). The van der Waals surface area contributed by atoms with Crippen molar-refractivity contribution in [2.24, 2.45) is 0 Å². The van der Waals surface area contributed by atoms with E-state index in [2.05, 4.69) is 22.2 Å². The topological polar surface area (TPSA) is 78.9 Å². The fourth-order valence-corrected chi connectivity index (χ4v) is 1.72. The Labute approximate surface area is 116 Å². The van der Waals surface area contributed by atoms with E-state index in [1.807, 2.05) is 0 Å². The lowest BCUT2D eigenvalue weighted by Gasteiger charge is -2.07. The molecule has 2 aromatic rings. The molecule has 0 aliphatic heterocycles. The van der Waals surface area contributed by atoms with E-state index in [0.717, 1.165) is 5.69 Å². The number of nitrogens with one attached hydrogen (secondary N) is 3. The lowest BCUT2D eigenvalue weighted by Crippen LogP contribution is -2.28. The maximum Gasteiger partial charge on any atom is 0.330 e. The van der Waals surface area contributed by atoms with Crippen molar-refractivity contribution in [3.05, 3.63) is 59.8 Å². The van der Waals surface area contributed by atoms with Gasteiger partial charge in [-0.15, -0.1) is 6.58 Å². The van der Waals surface area contributed by atoms with Gasteiger partial charge in [0.25, 0.3) is 0 Å². The normalized spacial score (nSPS) is 10.2. The Morgan fingerprint density at radius 2 is 2.10 bits per heavy atom. The minimum Gasteiger partial charge on any atom is -0.325 e. The second kappa shape index (κ2) is 6.53. The largest absolute Gasteiger partial charge is 0.330 e. The molecule has 0 fully saturated rings. The van der Waals surface area contributed by atoms with Crippen LogP contribution in [0.4, 0.5) is 5.69 Å². The van der Waals surface area contributed by atoms with E-state index >= 15 is 0 Å². The van der Waals surface area contributed by atoms with Crippen LogP contribution in [0.5, 0.6) is 0 Å². The van der Waals surface area contributed by atoms with Crippen LogP contribution in [0.25, 0.3) is 5.69 Å². The molecule has 0 unspecified atom stereocenters. The van der Waals surface area contributed by atoms with Crippen molar-refractivity contribution in [2.75, 3.05) is 18.4 Å². The van der Waals surface area contributed by atoms with Crippen LogP contribution in [0, 0.1) is 0 Å². The van der Waals surface area contributed by atoms with Crippen LogP contribution in [0.2, 0.25) is 0 Å². The molecule has 6 nitrogen and oxygen atoms in total. The van der Waals surface area contributed by atoms with Crippen LogP contribution in [0.1, 0.15) is 0 Å². The number of benzene rings is 1. The summed E-state index contributed by atoms with van der Waals surface area (Å²) in [6, 6.07) is 7.03. The summed E-state index contributed by atoms with van der Waals surface area (Å²) in [7, 11) is 0. The van der Waals surface area contributed by atoms with E-state index in [1.165, 1.54) is 4.57 Å². The van der Waals surface area contributed by atoms with Gasteiger partial charge in [0.1, 0.15) is 0 Å². The van der Waals surface area contributed by atoms with Gasteiger partial charge in [-0.2, -0.15) is 0 Å². The number of imidazole rings is 1. The summed E-state index contributed by atoms with van der Waals surface area (Å²) in [5.74, 6) is -0.126. The summed E-state index contributed by atoms with van der Waals surface area (Å²) < 4.78 is 1.48. The zero-order chi connectivity index (χ0) is 14.4. The second-order valence-electron chi connectivity index (χ2n) is 4.15.